The molecule has 1 N–H and O–H groups in total. The van der Waals surface area contributed by atoms with Crippen molar-refractivity contribution >= 4 is 5.91 Å². The predicted molar refractivity (Wildman–Crippen MR) is 32.4 cm³/mol. The molecular formula is C5H4N4O2. The molecule has 0 saturated carbocycles. The molecule has 1 aromatic rings. The molecule has 0 aromatic carbocycles. The predicted octanol–water partition coefficient (Wildman–Crippen LogP) is -0.699. The summed E-state index contributed by atoms with van der Waals surface area (Å²) in [5.41, 5.74) is 0. The molecule has 0 unspecified atom stereocenters. The van der Waals surface area contributed by atoms with Gasteiger partial charge in [0, 0.05) is 7.05 Å². The van der Waals surface area contributed by atoms with Crippen LogP contribution in [0.1, 0.15) is 16.5 Å². The van der Waals surface area contributed by atoms with Crippen LogP contribution in [0.15, 0.2) is 4.52 Å². The van der Waals surface area contributed by atoms with E-state index in [2.05, 4.69) is 20.0 Å². The van der Waals surface area contributed by atoms with Gasteiger partial charge in [-0.1, -0.05) is 5.16 Å². The standard InChI is InChI=1S/C5H4N4O2/c1-7-5(10)4-8-3(2-6)11-9-4/h1H3,(H,7,10). The van der Waals surface area contributed by atoms with Crippen LogP contribution in [0.2, 0.25) is 0 Å². The van der Waals surface area contributed by atoms with Crippen molar-refractivity contribution in [1.82, 2.24) is 15.5 Å². The maximum absolute atomic E-state index is 10.7. The first-order chi connectivity index (χ1) is 5.27. The van der Waals surface area contributed by atoms with E-state index in [0.717, 1.165) is 0 Å². The summed E-state index contributed by atoms with van der Waals surface area (Å²) in [6.45, 7) is 0. The van der Waals surface area contributed by atoms with Crippen molar-refractivity contribution in [1.29, 1.82) is 5.26 Å². The first kappa shape index (κ1) is 7.21. The summed E-state index contributed by atoms with van der Waals surface area (Å²) in [4.78, 5) is 14.2. The van der Waals surface area contributed by atoms with E-state index < -0.39 is 5.91 Å². The van der Waals surface area contributed by atoms with Gasteiger partial charge < -0.3 is 9.84 Å². The molecule has 0 aliphatic carbocycles. The third-order valence-corrected chi connectivity index (χ3v) is 0.952. The second kappa shape index (κ2) is 2.79. The third-order valence-electron chi connectivity index (χ3n) is 0.952. The summed E-state index contributed by atoms with van der Waals surface area (Å²) in [7, 11) is 1.44. The Morgan fingerprint density at radius 3 is 3.00 bits per heavy atom. The van der Waals surface area contributed by atoms with Gasteiger partial charge in [0.2, 0.25) is 0 Å². The van der Waals surface area contributed by atoms with Gasteiger partial charge in [0.1, 0.15) is 0 Å². The number of hydrogen-bond acceptors (Lipinski definition) is 5. The number of nitrogens with one attached hydrogen (secondary N) is 1. The Morgan fingerprint density at radius 1 is 1.82 bits per heavy atom. The van der Waals surface area contributed by atoms with Crippen LogP contribution >= 0.6 is 0 Å². The number of carbonyl (C=O) groups is 1. The Morgan fingerprint density at radius 2 is 2.55 bits per heavy atom. The molecule has 0 radical (unpaired) electrons. The Bertz CT molecular complexity index is 311. The Kier molecular flexibility index (Phi) is 1.83. The average molecular weight is 152 g/mol. The minimum Gasteiger partial charge on any atom is -0.352 e. The summed E-state index contributed by atoms with van der Waals surface area (Å²) in [6.07, 6.45) is 0. The summed E-state index contributed by atoms with van der Waals surface area (Å²) in [5.74, 6) is -0.831. The van der Waals surface area contributed by atoms with E-state index in [0.29, 0.717) is 0 Å². The Labute approximate surface area is 61.8 Å². The monoisotopic (exact) mass is 152 g/mol. The minimum atomic E-state index is -0.477. The highest BCUT2D eigenvalue weighted by molar-refractivity contribution is 5.89. The minimum absolute atomic E-state index is 0.135. The second-order valence-corrected chi connectivity index (χ2v) is 1.61. The van der Waals surface area contributed by atoms with Gasteiger partial charge >= 0.3 is 5.89 Å². The molecule has 0 spiro atoms. The number of rotatable bonds is 1. The van der Waals surface area contributed by atoms with Crippen molar-refractivity contribution in [2.75, 3.05) is 7.05 Å². The lowest BCUT2D eigenvalue weighted by Crippen LogP contribution is -2.19. The van der Waals surface area contributed by atoms with Crippen molar-refractivity contribution in [3.05, 3.63) is 11.7 Å². The molecular weight excluding hydrogens is 148 g/mol. The molecule has 0 saturated heterocycles. The van der Waals surface area contributed by atoms with Crippen molar-refractivity contribution in [3.8, 4) is 6.07 Å². The molecule has 56 valence electrons. The summed E-state index contributed by atoms with van der Waals surface area (Å²) in [5, 5.41) is 13.7. The molecule has 0 atom stereocenters. The Balaban J connectivity index is 2.91. The molecule has 0 fully saturated rings. The molecule has 11 heavy (non-hydrogen) atoms. The highest BCUT2D eigenvalue weighted by Crippen LogP contribution is 1.93. The van der Waals surface area contributed by atoms with Crippen molar-refractivity contribution in [3.63, 3.8) is 0 Å². The zero-order chi connectivity index (χ0) is 8.27. The fourth-order valence-electron chi connectivity index (χ4n) is 0.473. The maximum Gasteiger partial charge on any atom is 0.329 e. The molecule has 1 aromatic heterocycles. The van der Waals surface area contributed by atoms with Crippen LogP contribution in [-0.2, 0) is 0 Å². The summed E-state index contributed by atoms with van der Waals surface area (Å²) < 4.78 is 4.35. The molecule has 0 bridgehead atoms. The van der Waals surface area contributed by atoms with Gasteiger partial charge in [0.15, 0.2) is 6.07 Å². The highest BCUT2D eigenvalue weighted by Gasteiger charge is 2.11. The van der Waals surface area contributed by atoms with Gasteiger partial charge in [0.25, 0.3) is 11.7 Å². The summed E-state index contributed by atoms with van der Waals surface area (Å²) in [6, 6.07) is 1.61. The van der Waals surface area contributed by atoms with Gasteiger partial charge in [-0.2, -0.15) is 10.2 Å². The van der Waals surface area contributed by atoms with E-state index in [1.807, 2.05) is 0 Å². The lowest BCUT2D eigenvalue weighted by Gasteiger charge is -1.86. The summed E-state index contributed by atoms with van der Waals surface area (Å²) >= 11 is 0. The molecule has 1 heterocycles. The van der Waals surface area contributed by atoms with Gasteiger partial charge in [-0.25, -0.2) is 0 Å². The quantitative estimate of drug-likeness (QED) is 0.574. The number of carbonyl (C=O) groups excluding carboxylic acids is 1. The van der Waals surface area contributed by atoms with Crippen molar-refractivity contribution in [2.45, 2.75) is 0 Å². The number of nitriles is 1. The number of amides is 1. The van der Waals surface area contributed by atoms with Crippen LogP contribution in [0.4, 0.5) is 0 Å². The van der Waals surface area contributed by atoms with Crippen LogP contribution in [0, 0.1) is 11.3 Å². The van der Waals surface area contributed by atoms with Crippen LogP contribution in [-0.4, -0.2) is 23.1 Å². The smallest absolute Gasteiger partial charge is 0.329 e. The number of hydrogen-bond donors (Lipinski definition) is 1. The maximum atomic E-state index is 10.7. The fraction of sp³-hybridized carbons (Fsp3) is 0.200. The lowest BCUT2D eigenvalue weighted by molar-refractivity contribution is 0.0950. The topological polar surface area (TPSA) is 91.8 Å². The average Bonchev–Trinajstić information content (AvgIpc) is 2.50. The molecule has 1 amide bonds. The zero-order valence-electron chi connectivity index (χ0n) is 5.66. The van der Waals surface area contributed by atoms with Gasteiger partial charge in [-0.3, -0.25) is 4.79 Å². The largest absolute Gasteiger partial charge is 0.352 e. The van der Waals surface area contributed by atoms with Crippen LogP contribution < -0.4 is 5.32 Å². The highest BCUT2D eigenvalue weighted by atomic mass is 16.5. The number of nitrogens with zero attached hydrogens (tertiary/aromatic N) is 3. The van der Waals surface area contributed by atoms with Gasteiger partial charge in [0.05, 0.1) is 0 Å². The first-order valence-electron chi connectivity index (χ1n) is 2.74. The van der Waals surface area contributed by atoms with Crippen LogP contribution in [0.25, 0.3) is 0 Å². The van der Waals surface area contributed by atoms with E-state index in [4.69, 9.17) is 5.26 Å². The second-order valence-electron chi connectivity index (χ2n) is 1.61. The van der Waals surface area contributed by atoms with Gasteiger partial charge in [-0.05, 0) is 0 Å². The zero-order valence-corrected chi connectivity index (χ0v) is 5.66. The lowest BCUT2D eigenvalue weighted by atomic mass is 10.6. The van der Waals surface area contributed by atoms with Crippen molar-refractivity contribution < 1.29 is 9.32 Å². The van der Waals surface area contributed by atoms with Gasteiger partial charge in [-0.15, -0.1) is 0 Å². The van der Waals surface area contributed by atoms with E-state index in [1.54, 1.807) is 6.07 Å². The molecule has 6 nitrogen and oxygen atoms in total. The molecule has 1 rings (SSSR count). The van der Waals surface area contributed by atoms with Crippen molar-refractivity contribution in [2.24, 2.45) is 0 Å². The van der Waals surface area contributed by atoms with Crippen LogP contribution in [0.5, 0.6) is 0 Å². The fourth-order valence-corrected chi connectivity index (χ4v) is 0.473. The van der Waals surface area contributed by atoms with E-state index >= 15 is 0 Å². The van der Waals surface area contributed by atoms with Crippen LogP contribution in [0.3, 0.4) is 0 Å². The SMILES string of the molecule is CNC(=O)c1noc(C#N)n1. The molecule has 0 aliphatic rings. The number of aromatic nitrogens is 2. The molecule has 0 aliphatic heterocycles. The Hall–Kier alpha value is -1.90. The van der Waals surface area contributed by atoms with E-state index in [9.17, 15) is 4.79 Å². The molecule has 6 heteroatoms. The van der Waals surface area contributed by atoms with E-state index in [1.165, 1.54) is 7.05 Å². The van der Waals surface area contributed by atoms with E-state index in [-0.39, 0.29) is 11.7 Å². The first-order valence-corrected chi connectivity index (χ1v) is 2.74. The third kappa shape index (κ3) is 1.32. The normalized spacial score (nSPS) is 8.73.